The molecule has 2 aliphatic carbocycles. The van der Waals surface area contributed by atoms with Gasteiger partial charge in [-0.2, -0.15) is 0 Å². The number of hydrogen-bond acceptors (Lipinski definition) is 3. The molecule has 3 rings (SSSR count). The van der Waals surface area contributed by atoms with Crippen LogP contribution in [0.15, 0.2) is 23.8 Å². The van der Waals surface area contributed by atoms with Gasteiger partial charge >= 0.3 is 5.97 Å². The molecule has 3 atom stereocenters. The molecular formula is C20H28O3. The van der Waals surface area contributed by atoms with Crippen molar-refractivity contribution in [3.8, 4) is 0 Å². The van der Waals surface area contributed by atoms with Crippen LogP contribution in [0, 0.1) is 22.7 Å². The Hall–Kier alpha value is -1.38. The predicted molar refractivity (Wildman–Crippen MR) is 89.8 cm³/mol. The summed E-state index contributed by atoms with van der Waals surface area (Å²) in [5.74, 6) is 1.08. The van der Waals surface area contributed by atoms with Crippen molar-refractivity contribution in [2.45, 2.75) is 59.3 Å². The fourth-order valence-electron chi connectivity index (χ4n) is 5.62. The molecule has 1 heterocycles. The molecule has 2 fully saturated rings. The van der Waals surface area contributed by atoms with Gasteiger partial charge in [0.1, 0.15) is 12.4 Å². The Morgan fingerprint density at radius 2 is 2.00 bits per heavy atom. The van der Waals surface area contributed by atoms with Gasteiger partial charge in [0.25, 0.3) is 0 Å². The lowest BCUT2D eigenvalue weighted by Gasteiger charge is -2.57. The maximum atomic E-state index is 12.4. The van der Waals surface area contributed by atoms with Gasteiger partial charge in [-0.1, -0.05) is 32.9 Å². The van der Waals surface area contributed by atoms with E-state index in [0.717, 1.165) is 31.3 Å². The predicted octanol–water partition coefficient (Wildman–Crippen LogP) is 4.23. The number of Topliss-reactive ketones (excluding diaryl/α,β-unsaturated/α-hetero) is 1. The summed E-state index contributed by atoms with van der Waals surface area (Å²) in [5, 5.41) is 0. The Morgan fingerprint density at radius 3 is 2.65 bits per heavy atom. The van der Waals surface area contributed by atoms with Crippen molar-refractivity contribution in [1.29, 1.82) is 0 Å². The standard InChI is InChI=1S/C20H28O3/c1-13-5-8-17-19(2,3)11-15(21)12-20(17,4)16(13)7-6-14-9-10-23-18(14)22/h9,16-17H,1,5-8,10-12H2,2-4H3/t16-,17-,20+/m1/s1. The maximum absolute atomic E-state index is 12.4. The molecular weight excluding hydrogens is 288 g/mol. The van der Waals surface area contributed by atoms with Crippen LogP contribution >= 0.6 is 0 Å². The van der Waals surface area contributed by atoms with Crippen LogP contribution in [0.2, 0.25) is 0 Å². The highest BCUT2D eigenvalue weighted by Gasteiger charge is 2.54. The molecule has 0 radical (unpaired) electrons. The number of rotatable bonds is 3. The third-order valence-electron chi connectivity index (χ3n) is 6.52. The molecule has 0 spiro atoms. The average molecular weight is 316 g/mol. The molecule has 0 unspecified atom stereocenters. The number of carbonyl (C=O) groups is 2. The molecule has 0 amide bonds. The second kappa shape index (κ2) is 5.61. The van der Waals surface area contributed by atoms with Gasteiger partial charge in [-0.3, -0.25) is 4.79 Å². The van der Waals surface area contributed by atoms with E-state index in [1.54, 1.807) is 0 Å². The highest BCUT2D eigenvalue weighted by molar-refractivity contribution is 5.90. The van der Waals surface area contributed by atoms with Crippen LogP contribution in [0.4, 0.5) is 0 Å². The van der Waals surface area contributed by atoms with Crippen LogP contribution in [0.5, 0.6) is 0 Å². The van der Waals surface area contributed by atoms with Crippen molar-refractivity contribution in [1.82, 2.24) is 0 Å². The van der Waals surface area contributed by atoms with Crippen LogP contribution in [-0.4, -0.2) is 18.4 Å². The number of allylic oxidation sites excluding steroid dienone is 1. The second-order valence-corrected chi connectivity index (χ2v) is 8.56. The Balaban J connectivity index is 1.83. The summed E-state index contributed by atoms with van der Waals surface area (Å²) in [5.41, 5.74) is 2.11. The summed E-state index contributed by atoms with van der Waals surface area (Å²) in [6.07, 6.45) is 7.07. The van der Waals surface area contributed by atoms with Crippen LogP contribution in [0.25, 0.3) is 0 Å². The lowest BCUT2D eigenvalue weighted by molar-refractivity contribution is -0.139. The fraction of sp³-hybridized carbons (Fsp3) is 0.700. The molecule has 3 heteroatoms. The van der Waals surface area contributed by atoms with E-state index in [4.69, 9.17) is 4.74 Å². The molecule has 0 N–H and O–H groups in total. The molecule has 126 valence electrons. The van der Waals surface area contributed by atoms with Crippen molar-refractivity contribution < 1.29 is 14.3 Å². The zero-order valence-electron chi connectivity index (χ0n) is 14.6. The Morgan fingerprint density at radius 1 is 1.26 bits per heavy atom. The molecule has 23 heavy (non-hydrogen) atoms. The van der Waals surface area contributed by atoms with Gasteiger partial charge in [0.05, 0.1) is 0 Å². The number of hydrogen-bond donors (Lipinski definition) is 0. The van der Waals surface area contributed by atoms with Crippen molar-refractivity contribution in [3.63, 3.8) is 0 Å². The maximum Gasteiger partial charge on any atom is 0.334 e. The topological polar surface area (TPSA) is 43.4 Å². The lowest BCUT2D eigenvalue weighted by Crippen LogP contribution is -2.52. The highest BCUT2D eigenvalue weighted by atomic mass is 16.5. The monoisotopic (exact) mass is 316 g/mol. The van der Waals surface area contributed by atoms with Gasteiger partial charge in [-0.25, -0.2) is 4.79 Å². The molecule has 3 aliphatic rings. The minimum atomic E-state index is -0.173. The molecule has 0 aromatic heterocycles. The van der Waals surface area contributed by atoms with Crippen molar-refractivity contribution in [2.75, 3.05) is 6.61 Å². The summed E-state index contributed by atoms with van der Waals surface area (Å²) < 4.78 is 5.01. The van der Waals surface area contributed by atoms with Crippen LogP contribution in [-0.2, 0) is 14.3 Å². The molecule has 2 saturated carbocycles. The van der Waals surface area contributed by atoms with Crippen molar-refractivity contribution >= 4 is 11.8 Å². The number of ether oxygens (including phenoxy) is 1. The highest BCUT2D eigenvalue weighted by Crippen LogP contribution is 2.61. The quantitative estimate of drug-likeness (QED) is 0.578. The first-order valence-corrected chi connectivity index (χ1v) is 8.79. The van der Waals surface area contributed by atoms with E-state index in [9.17, 15) is 9.59 Å². The molecule has 0 bridgehead atoms. The van der Waals surface area contributed by atoms with E-state index in [0.29, 0.717) is 37.1 Å². The van der Waals surface area contributed by atoms with Gasteiger partial charge in [0.15, 0.2) is 0 Å². The Labute approximate surface area is 139 Å². The third kappa shape index (κ3) is 2.79. The minimum absolute atomic E-state index is 0.0166. The lowest BCUT2D eigenvalue weighted by atomic mass is 9.47. The minimum Gasteiger partial charge on any atom is -0.458 e. The first-order valence-electron chi connectivity index (χ1n) is 8.79. The molecule has 1 aliphatic heterocycles. The number of ketones is 1. The summed E-state index contributed by atoms with van der Waals surface area (Å²) in [6.45, 7) is 11.5. The number of carbonyl (C=O) groups excluding carboxylic acids is 2. The van der Waals surface area contributed by atoms with E-state index in [-0.39, 0.29) is 16.8 Å². The van der Waals surface area contributed by atoms with E-state index in [1.165, 1.54) is 5.57 Å². The van der Waals surface area contributed by atoms with Gasteiger partial charge in [-0.15, -0.1) is 0 Å². The van der Waals surface area contributed by atoms with E-state index in [1.807, 2.05) is 6.08 Å². The third-order valence-corrected chi connectivity index (χ3v) is 6.52. The van der Waals surface area contributed by atoms with E-state index in [2.05, 4.69) is 27.4 Å². The van der Waals surface area contributed by atoms with Gasteiger partial charge in [-0.05, 0) is 54.4 Å². The average Bonchev–Trinajstić information content (AvgIpc) is 2.81. The summed E-state index contributed by atoms with van der Waals surface area (Å²) >= 11 is 0. The van der Waals surface area contributed by atoms with E-state index >= 15 is 0 Å². The van der Waals surface area contributed by atoms with E-state index < -0.39 is 0 Å². The molecule has 0 aromatic carbocycles. The Kier molecular flexibility index (Phi) is 4.02. The van der Waals surface area contributed by atoms with Crippen molar-refractivity contribution in [3.05, 3.63) is 23.8 Å². The number of esters is 1. The number of cyclic esters (lactones) is 1. The fourth-order valence-corrected chi connectivity index (χ4v) is 5.62. The SMILES string of the molecule is C=C1CC[C@@H]2C(C)(C)CC(=O)C[C@@]2(C)[C@@H]1CCC1=CCOC1=O. The number of fused-ring (bicyclic) bond motifs is 1. The molecule has 0 aromatic rings. The summed E-state index contributed by atoms with van der Waals surface area (Å²) in [4.78, 5) is 24.1. The summed E-state index contributed by atoms with van der Waals surface area (Å²) in [7, 11) is 0. The van der Waals surface area contributed by atoms with Crippen LogP contribution in [0.3, 0.4) is 0 Å². The van der Waals surface area contributed by atoms with Crippen LogP contribution < -0.4 is 0 Å². The Bertz CT molecular complexity index is 584. The normalized spacial score (nSPS) is 36.5. The van der Waals surface area contributed by atoms with Crippen molar-refractivity contribution in [2.24, 2.45) is 22.7 Å². The van der Waals surface area contributed by atoms with Gasteiger partial charge in [0.2, 0.25) is 0 Å². The summed E-state index contributed by atoms with van der Waals surface area (Å²) in [6, 6.07) is 0. The largest absolute Gasteiger partial charge is 0.458 e. The smallest absolute Gasteiger partial charge is 0.334 e. The first kappa shape index (κ1) is 16.5. The molecule has 3 nitrogen and oxygen atoms in total. The molecule has 0 saturated heterocycles. The zero-order chi connectivity index (χ0) is 16.8. The van der Waals surface area contributed by atoms with Crippen LogP contribution in [0.1, 0.15) is 59.3 Å². The van der Waals surface area contributed by atoms with Gasteiger partial charge in [0, 0.05) is 18.4 Å². The first-order chi connectivity index (χ1) is 10.7. The zero-order valence-corrected chi connectivity index (χ0v) is 14.6. The van der Waals surface area contributed by atoms with Gasteiger partial charge < -0.3 is 4.74 Å². The second-order valence-electron chi connectivity index (χ2n) is 8.56.